The monoisotopic (exact) mass is 538 g/mol. The summed E-state index contributed by atoms with van der Waals surface area (Å²) in [5, 5.41) is 13.3. The van der Waals surface area contributed by atoms with Crippen LogP contribution in [0.2, 0.25) is 10.0 Å². The minimum Gasteiger partial charge on any atom is -0.505 e. The average Bonchev–Trinajstić information content (AvgIpc) is 2.79. The van der Waals surface area contributed by atoms with Crippen LogP contribution in [0.1, 0.15) is 15.9 Å². The van der Waals surface area contributed by atoms with Gasteiger partial charge in [0.1, 0.15) is 28.8 Å². The van der Waals surface area contributed by atoms with Crippen LogP contribution in [-0.2, 0) is 14.8 Å². The zero-order valence-corrected chi connectivity index (χ0v) is 19.8. The minimum absolute atomic E-state index is 0.180. The van der Waals surface area contributed by atoms with Crippen molar-refractivity contribution in [2.75, 3.05) is 11.9 Å². The molecule has 3 aromatic carbocycles. The van der Waals surface area contributed by atoms with Gasteiger partial charge in [-0.15, -0.1) is 0 Å². The van der Waals surface area contributed by atoms with E-state index in [9.17, 15) is 31.9 Å². The minimum atomic E-state index is -4.69. The molecule has 0 spiro atoms. The molecule has 2 N–H and O–H groups in total. The van der Waals surface area contributed by atoms with E-state index in [2.05, 4.69) is 5.32 Å². The Morgan fingerprint density at radius 3 is 2.46 bits per heavy atom. The van der Waals surface area contributed by atoms with Gasteiger partial charge < -0.3 is 10.4 Å². The Hall–Kier alpha value is -3.47. The molecule has 7 nitrogen and oxygen atoms in total. The van der Waals surface area contributed by atoms with Crippen molar-refractivity contribution in [2.24, 2.45) is 0 Å². The molecule has 1 aliphatic heterocycles. The van der Waals surface area contributed by atoms with Gasteiger partial charge in [0.2, 0.25) is 11.7 Å². The molecule has 0 atom stereocenters. The van der Waals surface area contributed by atoms with Crippen LogP contribution >= 0.6 is 23.2 Å². The fraction of sp³-hybridized carbons (Fsp3) is 0.0435. The number of nitrogens with zero attached hydrogens (tertiary/aromatic N) is 1. The Balaban J connectivity index is 1.86. The number of hydrogen-bond donors (Lipinski definition) is 2. The van der Waals surface area contributed by atoms with E-state index in [0.717, 1.165) is 30.3 Å². The number of hydrogen-bond acceptors (Lipinski definition) is 5. The third kappa shape index (κ3) is 4.72. The van der Waals surface area contributed by atoms with Crippen LogP contribution in [0.3, 0.4) is 0 Å². The predicted octanol–water partition coefficient (Wildman–Crippen LogP) is 5.02. The highest BCUT2D eigenvalue weighted by Gasteiger charge is 2.43. The lowest BCUT2D eigenvalue weighted by molar-refractivity contribution is -0.116. The first-order valence-electron chi connectivity index (χ1n) is 9.80. The lowest BCUT2D eigenvalue weighted by atomic mass is 10.0. The van der Waals surface area contributed by atoms with Crippen molar-refractivity contribution in [1.29, 1.82) is 0 Å². The average molecular weight is 539 g/mol. The van der Waals surface area contributed by atoms with Gasteiger partial charge in [-0.05, 0) is 54.6 Å². The second kappa shape index (κ2) is 9.29. The highest BCUT2D eigenvalue weighted by Crippen LogP contribution is 2.36. The summed E-state index contributed by atoms with van der Waals surface area (Å²) >= 11 is 11.7. The predicted molar refractivity (Wildman–Crippen MR) is 126 cm³/mol. The Kier molecular flexibility index (Phi) is 6.54. The maximum Gasteiger partial charge on any atom is 0.265 e. The standard InChI is InChI=1S/C23H14Cl2F2N2O5S/c24-13-2-1-3-15(9-13)28-20(30)11-29-21(22(31)12-4-7-18(27)17(25)8-12)23(32)16-6-5-14(26)10-19(16)35(29,33)34/h1-10,31H,11H2,(H,28,30)/b22-21+. The number of Topliss-reactive ketones (excluding diaryl/α,β-unsaturated/α-hetero) is 1. The van der Waals surface area contributed by atoms with E-state index >= 15 is 0 Å². The molecular formula is C23H14Cl2F2N2O5S. The number of anilines is 1. The quantitative estimate of drug-likeness (QED) is 0.358. The second-order valence-corrected chi connectivity index (χ2v) is 10.0. The van der Waals surface area contributed by atoms with Gasteiger partial charge >= 0.3 is 0 Å². The number of benzene rings is 3. The molecule has 1 heterocycles. The third-order valence-corrected chi connectivity index (χ3v) is 7.34. The first-order chi connectivity index (χ1) is 16.5. The van der Waals surface area contributed by atoms with Gasteiger partial charge in [0.15, 0.2) is 5.76 Å². The van der Waals surface area contributed by atoms with Crippen molar-refractivity contribution in [3.05, 3.63) is 99.2 Å². The number of ketones is 1. The van der Waals surface area contributed by atoms with Crippen LogP contribution in [0, 0.1) is 11.6 Å². The summed E-state index contributed by atoms with van der Waals surface area (Å²) in [6.07, 6.45) is 0. The van der Waals surface area contributed by atoms with E-state index in [0.29, 0.717) is 15.4 Å². The molecule has 3 aromatic rings. The van der Waals surface area contributed by atoms with Crippen molar-refractivity contribution in [3.63, 3.8) is 0 Å². The number of sulfonamides is 1. The lowest BCUT2D eigenvalue weighted by Crippen LogP contribution is -2.44. The molecule has 4 rings (SSSR count). The van der Waals surface area contributed by atoms with E-state index < -0.39 is 66.8 Å². The van der Waals surface area contributed by atoms with Gasteiger partial charge in [0, 0.05) is 21.8 Å². The summed E-state index contributed by atoms with van der Waals surface area (Å²) < 4.78 is 54.6. The largest absolute Gasteiger partial charge is 0.505 e. The molecular weight excluding hydrogens is 525 g/mol. The van der Waals surface area contributed by atoms with Crippen molar-refractivity contribution >= 4 is 56.4 Å². The normalized spacial score (nSPS) is 16.0. The molecule has 0 radical (unpaired) electrons. The summed E-state index contributed by atoms with van der Waals surface area (Å²) in [7, 11) is -4.69. The fourth-order valence-corrected chi connectivity index (χ4v) is 5.45. The Morgan fingerprint density at radius 1 is 1.03 bits per heavy atom. The van der Waals surface area contributed by atoms with Crippen LogP contribution in [0.5, 0.6) is 0 Å². The molecule has 12 heteroatoms. The summed E-state index contributed by atoms with van der Waals surface area (Å²) in [5.41, 5.74) is -1.13. The maximum atomic E-state index is 13.9. The lowest BCUT2D eigenvalue weighted by Gasteiger charge is -2.31. The number of aliphatic hydroxyl groups is 1. The fourth-order valence-electron chi connectivity index (χ4n) is 3.44. The number of nitrogens with one attached hydrogen (secondary N) is 1. The zero-order chi connectivity index (χ0) is 25.5. The number of amides is 1. The summed E-state index contributed by atoms with van der Waals surface area (Å²) in [6, 6.07) is 11.5. The number of aliphatic hydroxyl groups excluding tert-OH is 1. The van der Waals surface area contributed by atoms with Crippen molar-refractivity contribution in [1.82, 2.24) is 4.31 Å². The van der Waals surface area contributed by atoms with Crippen molar-refractivity contribution in [3.8, 4) is 0 Å². The van der Waals surface area contributed by atoms with Gasteiger partial charge in [-0.2, -0.15) is 0 Å². The van der Waals surface area contributed by atoms with Crippen LogP contribution in [-0.4, -0.2) is 36.1 Å². The second-order valence-electron chi connectivity index (χ2n) is 7.37. The van der Waals surface area contributed by atoms with Gasteiger partial charge in [0.05, 0.1) is 5.02 Å². The molecule has 0 saturated heterocycles. The Bertz CT molecular complexity index is 1530. The number of carbonyl (C=O) groups is 2. The SMILES string of the molecule is O=C(CN1/C(=C(/O)c2ccc(F)c(Cl)c2)C(=O)c2ccc(F)cc2S1(=O)=O)Nc1cccc(Cl)c1. The van der Waals surface area contributed by atoms with Gasteiger partial charge in [-0.25, -0.2) is 21.5 Å². The topological polar surface area (TPSA) is 104 Å². The maximum absolute atomic E-state index is 13.9. The van der Waals surface area contributed by atoms with E-state index in [1.54, 1.807) is 12.1 Å². The molecule has 35 heavy (non-hydrogen) atoms. The number of rotatable bonds is 4. The van der Waals surface area contributed by atoms with Gasteiger partial charge in [0.25, 0.3) is 10.0 Å². The van der Waals surface area contributed by atoms with Crippen LogP contribution < -0.4 is 5.32 Å². The highest BCUT2D eigenvalue weighted by molar-refractivity contribution is 7.89. The Morgan fingerprint density at radius 2 is 1.77 bits per heavy atom. The van der Waals surface area contributed by atoms with E-state index in [1.807, 2.05) is 0 Å². The molecule has 0 aliphatic carbocycles. The zero-order valence-electron chi connectivity index (χ0n) is 17.4. The molecule has 0 aromatic heterocycles. The first kappa shape index (κ1) is 24.6. The van der Waals surface area contributed by atoms with Crippen molar-refractivity contribution in [2.45, 2.75) is 4.90 Å². The van der Waals surface area contributed by atoms with Crippen molar-refractivity contribution < 1.29 is 31.9 Å². The molecule has 0 fully saturated rings. The van der Waals surface area contributed by atoms with E-state index in [4.69, 9.17) is 23.2 Å². The van der Waals surface area contributed by atoms with Crippen LogP contribution in [0.15, 0.2) is 71.3 Å². The molecule has 0 bridgehead atoms. The molecule has 0 saturated carbocycles. The molecule has 1 amide bonds. The summed E-state index contributed by atoms with van der Waals surface area (Å²) in [5.74, 6) is -4.49. The third-order valence-electron chi connectivity index (χ3n) is 5.03. The summed E-state index contributed by atoms with van der Waals surface area (Å²) in [4.78, 5) is 25.3. The van der Waals surface area contributed by atoms with E-state index in [-0.39, 0.29) is 11.3 Å². The first-order valence-corrected chi connectivity index (χ1v) is 12.0. The summed E-state index contributed by atoms with van der Waals surface area (Å²) in [6.45, 7) is -0.954. The van der Waals surface area contributed by atoms with Crippen LogP contribution in [0.25, 0.3) is 5.76 Å². The van der Waals surface area contributed by atoms with Gasteiger partial charge in [-0.1, -0.05) is 29.3 Å². The van der Waals surface area contributed by atoms with Crippen LogP contribution in [0.4, 0.5) is 14.5 Å². The number of halogens is 4. The van der Waals surface area contributed by atoms with E-state index in [1.165, 1.54) is 12.1 Å². The Labute approximate surface area is 208 Å². The highest BCUT2D eigenvalue weighted by atomic mass is 35.5. The molecule has 0 unspecified atom stereocenters. The van der Waals surface area contributed by atoms with Gasteiger partial charge in [-0.3, -0.25) is 9.59 Å². The molecule has 1 aliphatic rings. The number of fused-ring (bicyclic) bond motifs is 1. The smallest absolute Gasteiger partial charge is 0.265 e. The molecule has 180 valence electrons. The number of carbonyl (C=O) groups excluding carboxylic acids is 2. The number of allylic oxidation sites excluding steroid dienone is 1.